The first-order valence-corrected chi connectivity index (χ1v) is 8.85. The minimum Gasteiger partial charge on any atom is -0.444 e. The predicted molar refractivity (Wildman–Crippen MR) is 101 cm³/mol. The van der Waals surface area contributed by atoms with Gasteiger partial charge in [0.1, 0.15) is 18.3 Å². The summed E-state index contributed by atoms with van der Waals surface area (Å²) in [5.74, 6) is -0.0566. The molecule has 8 heteroatoms. The zero-order chi connectivity index (χ0) is 20.0. The third kappa shape index (κ3) is 6.09. The lowest BCUT2D eigenvalue weighted by Crippen LogP contribution is -2.36. The van der Waals surface area contributed by atoms with Crippen LogP contribution in [-0.2, 0) is 9.53 Å². The highest BCUT2D eigenvalue weighted by atomic mass is 16.6. The highest BCUT2D eigenvalue weighted by Crippen LogP contribution is 2.20. The summed E-state index contributed by atoms with van der Waals surface area (Å²) in [6, 6.07) is 7.70. The van der Waals surface area contributed by atoms with E-state index in [0.29, 0.717) is 0 Å². The molecule has 0 fully saturated rings. The molecule has 0 saturated heterocycles. The Morgan fingerprint density at radius 2 is 1.93 bits per heavy atom. The van der Waals surface area contributed by atoms with Crippen LogP contribution < -0.4 is 5.32 Å². The fraction of sp³-hybridized carbons (Fsp3) is 0.474. The van der Waals surface area contributed by atoms with Gasteiger partial charge in [0.15, 0.2) is 0 Å². The van der Waals surface area contributed by atoms with Crippen molar-refractivity contribution < 1.29 is 14.3 Å². The number of amides is 2. The highest BCUT2D eigenvalue weighted by molar-refractivity contribution is 5.77. The number of carbonyl (C=O) groups excluding carboxylic acids is 2. The lowest BCUT2D eigenvalue weighted by Gasteiger charge is -2.26. The SMILES string of the molecule is CC(c1ccc(-n2cncn2)cc1)N(C)C(=O)CCNC(=O)OC(C)(C)C. The standard InChI is InChI=1S/C19H27N5O3/c1-14(15-6-8-16(9-7-15)24-13-20-12-22-24)23(5)17(25)10-11-21-18(26)27-19(2,3)4/h6-9,12-14H,10-11H2,1-5H3,(H,21,26). The van der Waals surface area contributed by atoms with Gasteiger partial charge in [-0.25, -0.2) is 14.5 Å². The van der Waals surface area contributed by atoms with Crippen LogP contribution in [0.1, 0.15) is 45.7 Å². The van der Waals surface area contributed by atoms with Gasteiger partial charge in [0, 0.05) is 20.0 Å². The van der Waals surface area contributed by atoms with Crippen LogP contribution in [0.25, 0.3) is 5.69 Å². The van der Waals surface area contributed by atoms with Crippen molar-refractivity contribution in [3.05, 3.63) is 42.5 Å². The van der Waals surface area contributed by atoms with Crippen LogP contribution in [0.3, 0.4) is 0 Å². The van der Waals surface area contributed by atoms with E-state index in [4.69, 9.17) is 4.74 Å². The van der Waals surface area contributed by atoms with Crippen LogP contribution in [0.5, 0.6) is 0 Å². The molecule has 0 bridgehead atoms. The molecule has 0 aliphatic rings. The molecule has 0 radical (unpaired) electrons. The number of hydrogen-bond acceptors (Lipinski definition) is 5. The normalized spacial score (nSPS) is 12.3. The lowest BCUT2D eigenvalue weighted by molar-refractivity contribution is -0.131. The molecule has 2 rings (SSSR count). The summed E-state index contributed by atoms with van der Waals surface area (Å²) in [6.45, 7) is 7.57. The Balaban J connectivity index is 1.85. The third-order valence-electron chi connectivity index (χ3n) is 4.04. The van der Waals surface area contributed by atoms with E-state index >= 15 is 0 Å². The number of ether oxygens (including phenoxy) is 1. The first kappa shape index (κ1) is 20.4. The first-order chi connectivity index (χ1) is 12.7. The number of nitrogens with one attached hydrogen (secondary N) is 1. The molecular weight excluding hydrogens is 346 g/mol. The molecular formula is C19H27N5O3. The monoisotopic (exact) mass is 373 g/mol. The van der Waals surface area contributed by atoms with Crippen molar-refractivity contribution in [2.75, 3.05) is 13.6 Å². The maximum Gasteiger partial charge on any atom is 0.407 e. The van der Waals surface area contributed by atoms with E-state index in [1.165, 1.54) is 6.33 Å². The van der Waals surface area contributed by atoms with Gasteiger partial charge in [0.25, 0.3) is 0 Å². The van der Waals surface area contributed by atoms with Gasteiger partial charge in [-0.2, -0.15) is 5.10 Å². The number of alkyl carbamates (subject to hydrolysis) is 1. The van der Waals surface area contributed by atoms with Crippen molar-refractivity contribution in [2.24, 2.45) is 0 Å². The second kappa shape index (κ2) is 8.66. The van der Waals surface area contributed by atoms with Crippen LogP contribution in [0.4, 0.5) is 4.79 Å². The molecule has 2 amide bonds. The molecule has 8 nitrogen and oxygen atoms in total. The van der Waals surface area contributed by atoms with E-state index in [0.717, 1.165) is 11.3 Å². The van der Waals surface area contributed by atoms with Crippen LogP contribution in [0.2, 0.25) is 0 Å². The summed E-state index contributed by atoms with van der Waals surface area (Å²) in [5.41, 5.74) is 1.35. The van der Waals surface area contributed by atoms with E-state index < -0.39 is 11.7 Å². The molecule has 1 heterocycles. The molecule has 1 aromatic carbocycles. The van der Waals surface area contributed by atoms with Gasteiger partial charge in [-0.1, -0.05) is 12.1 Å². The van der Waals surface area contributed by atoms with Crippen molar-refractivity contribution in [3.63, 3.8) is 0 Å². The van der Waals surface area contributed by atoms with Crippen molar-refractivity contribution in [1.29, 1.82) is 0 Å². The van der Waals surface area contributed by atoms with Gasteiger partial charge in [-0.05, 0) is 45.4 Å². The summed E-state index contributed by atoms with van der Waals surface area (Å²) in [7, 11) is 1.76. The van der Waals surface area contributed by atoms with E-state index in [1.807, 2.05) is 31.2 Å². The summed E-state index contributed by atoms with van der Waals surface area (Å²) >= 11 is 0. The van der Waals surface area contributed by atoms with Crippen LogP contribution >= 0.6 is 0 Å². The van der Waals surface area contributed by atoms with Crippen molar-refractivity contribution >= 4 is 12.0 Å². The fourth-order valence-corrected chi connectivity index (χ4v) is 2.45. The van der Waals surface area contributed by atoms with Gasteiger partial charge in [0.05, 0.1) is 11.7 Å². The molecule has 27 heavy (non-hydrogen) atoms. The minimum atomic E-state index is -0.558. The Labute approximate surface area is 159 Å². The quantitative estimate of drug-likeness (QED) is 0.841. The summed E-state index contributed by atoms with van der Waals surface area (Å²) < 4.78 is 6.82. The molecule has 1 atom stereocenters. The Bertz CT molecular complexity index is 751. The molecule has 1 unspecified atom stereocenters. The van der Waals surface area contributed by atoms with E-state index in [2.05, 4.69) is 15.4 Å². The maximum atomic E-state index is 12.4. The average molecular weight is 373 g/mol. The average Bonchev–Trinajstić information content (AvgIpc) is 3.13. The van der Waals surface area contributed by atoms with Crippen LogP contribution in [0.15, 0.2) is 36.9 Å². The first-order valence-electron chi connectivity index (χ1n) is 8.85. The summed E-state index contributed by atoms with van der Waals surface area (Å²) in [6.07, 6.45) is 2.80. The molecule has 0 spiro atoms. The Morgan fingerprint density at radius 1 is 1.26 bits per heavy atom. The molecule has 146 valence electrons. The number of hydrogen-bond donors (Lipinski definition) is 1. The predicted octanol–water partition coefficient (Wildman–Crippen LogP) is 2.70. The zero-order valence-electron chi connectivity index (χ0n) is 16.5. The molecule has 0 aliphatic carbocycles. The Hall–Kier alpha value is -2.90. The van der Waals surface area contributed by atoms with Crippen molar-refractivity contribution in [1.82, 2.24) is 25.0 Å². The second-order valence-electron chi connectivity index (χ2n) is 7.29. The topological polar surface area (TPSA) is 89.4 Å². The van der Waals surface area contributed by atoms with Crippen molar-refractivity contribution in [3.8, 4) is 5.69 Å². The number of nitrogens with zero attached hydrogens (tertiary/aromatic N) is 4. The largest absolute Gasteiger partial charge is 0.444 e. The Kier molecular flexibility index (Phi) is 6.55. The Morgan fingerprint density at radius 3 is 2.48 bits per heavy atom. The van der Waals surface area contributed by atoms with Gasteiger partial charge >= 0.3 is 6.09 Å². The van der Waals surface area contributed by atoms with Gasteiger partial charge in [-0.15, -0.1) is 0 Å². The number of benzene rings is 1. The summed E-state index contributed by atoms with van der Waals surface area (Å²) in [5, 5.41) is 6.69. The number of carbonyl (C=O) groups is 2. The molecule has 1 aromatic heterocycles. The smallest absolute Gasteiger partial charge is 0.407 e. The number of aromatic nitrogens is 3. The molecule has 2 aromatic rings. The van der Waals surface area contributed by atoms with E-state index in [-0.39, 0.29) is 24.9 Å². The van der Waals surface area contributed by atoms with Crippen LogP contribution in [-0.4, -0.2) is 50.9 Å². The zero-order valence-corrected chi connectivity index (χ0v) is 16.5. The maximum absolute atomic E-state index is 12.4. The highest BCUT2D eigenvalue weighted by Gasteiger charge is 2.19. The third-order valence-corrected chi connectivity index (χ3v) is 4.04. The van der Waals surface area contributed by atoms with Gasteiger partial charge in [0.2, 0.25) is 5.91 Å². The van der Waals surface area contributed by atoms with Crippen LogP contribution in [0, 0.1) is 0 Å². The second-order valence-corrected chi connectivity index (χ2v) is 7.29. The molecule has 1 N–H and O–H groups in total. The van der Waals surface area contributed by atoms with E-state index in [9.17, 15) is 9.59 Å². The molecule has 0 aliphatic heterocycles. The molecule has 0 saturated carbocycles. The minimum absolute atomic E-state index is 0.0566. The lowest BCUT2D eigenvalue weighted by atomic mass is 10.1. The summed E-state index contributed by atoms with van der Waals surface area (Å²) in [4.78, 5) is 29.6. The fourth-order valence-electron chi connectivity index (χ4n) is 2.45. The van der Waals surface area contributed by atoms with E-state index in [1.54, 1.807) is 43.7 Å². The number of rotatable bonds is 6. The van der Waals surface area contributed by atoms with Crippen molar-refractivity contribution in [2.45, 2.75) is 45.8 Å². The van der Waals surface area contributed by atoms with Gasteiger partial charge in [-0.3, -0.25) is 4.79 Å². The van der Waals surface area contributed by atoms with Gasteiger partial charge < -0.3 is 15.0 Å².